The summed E-state index contributed by atoms with van der Waals surface area (Å²) in [6.45, 7) is 1.78. The van der Waals surface area contributed by atoms with Crippen molar-refractivity contribution in [3.8, 4) is 11.5 Å². The summed E-state index contributed by atoms with van der Waals surface area (Å²) >= 11 is 0. The second kappa shape index (κ2) is 8.73. The van der Waals surface area contributed by atoms with Crippen LogP contribution in [0.1, 0.15) is 12.5 Å². The fraction of sp³-hybridized carbons (Fsp3) is 0.263. The fourth-order valence-corrected chi connectivity index (χ4v) is 2.35. The largest absolute Gasteiger partial charge is 0.497 e. The summed E-state index contributed by atoms with van der Waals surface area (Å²) in [5.41, 5.74) is 1.49. The average Bonchev–Trinajstić information content (AvgIpc) is 2.62. The highest BCUT2D eigenvalue weighted by molar-refractivity contribution is 5.95. The van der Waals surface area contributed by atoms with Crippen LogP contribution in [0.15, 0.2) is 48.5 Å². The monoisotopic (exact) mass is 342 g/mol. The van der Waals surface area contributed by atoms with E-state index in [4.69, 9.17) is 9.47 Å². The van der Waals surface area contributed by atoms with Crippen molar-refractivity contribution >= 4 is 17.5 Å². The molecule has 0 fully saturated rings. The van der Waals surface area contributed by atoms with Gasteiger partial charge < -0.3 is 19.7 Å². The van der Waals surface area contributed by atoms with Crippen LogP contribution in [0.5, 0.6) is 11.5 Å². The molecule has 0 saturated carbocycles. The average molecular weight is 342 g/mol. The third-order valence-corrected chi connectivity index (χ3v) is 3.68. The number of anilines is 1. The van der Waals surface area contributed by atoms with E-state index in [1.165, 1.54) is 18.9 Å². The Bertz CT molecular complexity index is 731. The molecule has 0 aromatic heterocycles. The molecule has 0 unspecified atom stereocenters. The van der Waals surface area contributed by atoms with Crippen molar-refractivity contribution < 1.29 is 19.1 Å². The molecule has 0 radical (unpaired) electrons. The predicted octanol–water partition coefficient (Wildman–Crippen LogP) is 2.69. The van der Waals surface area contributed by atoms with Gasteiger partial charge in [-0.3, -0.25) is 9.59 Å². The summed E-state index contributed by atoms with van der Waals surface area (Å²) in [7, 11) is 3.07. The van der Waals surface area contributed by atoms with Crippen molar-refractivity contribution in [1.82, 2.24) is 4.90 Å². The highest BCUT2D eigenvalue weighted by atomic mass is 16.5. The number of hydrogen-bond acceptors (Lipinski definition) is 4. The van der Waals surface area contributed by atoms with Crippen molar-refractivity contribution in [2.75, 3.05) is 26.1 Å². The predicted molar refractivity (Wildman–Crippen MR) is 95.7 cm³/mol. The smallest absolute Gasteiger partial charge is 0.244 e. The van der Waals surface area contributed by atoms with Crippen LogP contribution in [0.4, 0.5) is 5.69 Å². The first-order valence-corrected chi connectivity index (χ1v) is 7.84. The van der Waals surface area contributed by atoms with Crippen LogP contribution in [0, 0.1) is 0 Å². The molecule has 0 spiro atoms. The Labute approximate surface area is 147 Å². The van der Waals surface area contributed by atoms with E-state index in [2.05, 4.69) is 5.32 Å². The molecule has 0 heterocycles. The lowest BCUT2D eigenvalue weighted by Gasteiger charge is -2.21. The number of carbonyl (C=O) groups is 2. The number of amides is 2. The lowest BCUT2D eigenvalue weighted by molar-refractivity contribution is -0.133. The number of carbonyl (C=O) groups excluding carboxylic acids is 2. The van der Waals surface area contributed by atoms with E-state index in [9.17, 15) is 9.59 Å². The summed E-state index contributed by atoms with van der Waals surface area (Å²) in [6.07, 6.45) is 0. The minimum Gasteiger partial charge on any atom is -0.497 e. The molecule has 1 N–H and O–H groups in total. The van der Waals surface area contributed by atoms with Crippen molar-refractivity contribution in [2.24, 2.45) is 0 Å². The van der Waals surface area contributed by atoms with Gasteiger partial charge in [-0.2, -0.15) is 0 Å². The molecule has 0 bridgehead atoms. The van der Waals surface area contributed by atoms with Crippen LogP contribution >= 0.6 is 0 Å². The summed E-state index contributed by atoms with van der Waals surface area (Å²) in [6, 6.07) is 14.6. The van der Waals surface area contributed by atoms with E-state index in [1.54, 1.807) is 25.3 Å². The summed E-state index contributed by atoms with van der Waals surface area (Å²) < 4.78 is 10.4. The number of nitrogens with one attached hydrogen (secondary N) is 1. The zero-order chi connectivity index (χ0) is 18.2. The van der Waals surface area contributed by atoms with Gasteiger partial charge in [0, 0.05) is 19.5 Å². The van der Waals surface area contributed by atoms with Gasteiger partial charge in [0.2, 0.25) is 11.8 Å². The first kappa shape index (κ1) is 18.3. The summed E-state index contributed by atoms with van der Waals surface area (Å²) in [4.78, 5) is 25.7. The second-order valence-electron chi connectivity index (χ2n) is 5.48. The second-order valence-corrected chi connectivity index (χ2v) is 5.48. The van der Waals surface area contributed by atoms with Gasteiger partial charge >= 0.3 is 0 Å². The number of methoxy groups -OCH3 is 2. The lowest BCUT2D eigenvalue weighted by atomic mass is 10.2. The Balaban J connectivity index is 2.05. The van der Waals surface area contributed by atoms with E-state index in [0.717, 1.165) is 5.56 Å². The van der Waals surface area contributed by atoms with Gasteiger partial charge in [-0.25, -0.2) is 0 Å². The van der Waals surface area contributed by atoms with Gasteiger partial charge in [-0.15, -0.1) is 0 Å². The van der Waals surface area contributed by atoms with E-state index in [1.807, 2.05) is 30.3 Å². The molecule has 2 rings (SSSR count). The molecule has 2 aromatic rings. The minimum atomic E-state index is -0.297. The normalized spacial score (nSPS) is 10.0. The van der Waals surface area contributed by atoms with Crippen LogP contribution in [-0.2, 0) is 16.1 Å². The Morgan fingerprint density at radius 3 is 2.36 bits per heavy atom. The van der Waals surface area contributed by atoms with Crippen LogP contribution < -0.4 is 14.8 Å². The van der Waals surface area contributed by atoms with Gasteiger partial charge in [-0.05, 0) is 17.7 Å². The van der Waals surface area contributed by atoms with Crippen LogP contribution in [0.3, 0.4) is 0 Å². The van der Waals surface area contributed by atoms with E-state index in [0.29, 0.717) is 23.7 Å². The first-order chi connectivity index (χ1) is 12.0. The van der Waals surface area contributed by atoms with Gasteiger partial charge in [0.15, 0.2) is 0 Å². The van der Waals surface area contributed by atoms with E-state index < -0.39 is 0 Å². The summed E-state index contributed by atoms with van der Waals surface area (Å²) in [5.74, 6) is 0.657. The van der Waals surface area contributed by atoms with Crippen LogP contribution in [0.25, 0.3) is 0 Å². The van der Waals surface area contributed by atoms with Crippen LogP contribution in [0.2, 0.25) is 0 Å². The van der Waals surface area contributed by atoms with Gasteiger partial charge in [0.25, 0.3) is 0 Å². The minimum absolute atomic E-state index is 0.0423. The zero-order valence-corrected chi connectivity index (χ0v) is 14.6. The molecule has 2 aromatic carbocycles. The Morgan fingerprint density at radius 1 is 1.04 bits per heavy atom. The maximum Gasteiger partial charge on any atom is 0.244 e. The third kappa shape index (κ3) is 5.24. The fourth-order valence-electron chi connectivity index (χ4n) is 2.35. The van der Waals surface area contributed by atoms with Gasteiger partial charge in [0.05, 0.1) is 19.9 Å². The number of hydrogen-bond donors (Lipinski definition) is 1. The van der Waals surface area contributed by atoms with E-state index in [-0.39, 0.29) is 18.4 Å². The number of rotatable bonds is 7. The highest BCUT2D eigenvalue weighted by Crippen LogP contribution is 2.28. The number of benzene rings is 2. The molecule has 0 aliphatic rings. The highest BCUT2D eigenvalue weighted by Gasteiger charge is 2.16. The van der Waals surface area contributed by atoms with Crippen molar-refractivity contribution in [3.05, 3.63) is 54.1 Å². The van der Waals surface area contributed by atoms with Gasteiger partial charge in [-0.1, -0.05) is 30.3 Å². The first-order valence-electron chi connectivity index (χ1n) is 7.84. The maximum absolute atomic E-state index is 12.3. The number of ether oxygens (including phenoxy) is 2. The topological polar surface area (TPSA) is 67.9 Å². The molecule has 0 aliphatic carbocycles. The molecule has 2 amide bonds. The van der Waals surface area contributed by atoms with Crippen LogP contribution in [-0.4, -0.2) is 37.5 Å². The van der Waals surface area contributed by atoms with Gasteiger partial charge in [0.1, 0.15) is 18.0 Å². The van der Waals surface area contributed by atoms with Crippen molar-refractivity contribution in [2.45, 2.75) is 13.5 Å². The Morgan fingerprint density at radius 2 is 1.76 bits per heavy atom. The standard InChI is InChI=1S/C19H22N2O4/c1-14(22)21(12-15-7-5-4-6-8-15)13-19(23)20-17-10-9-16(24-2)11-18(17)25-3/h4-11H,12-13H2,1-3H3,(H,20,23). The molecule has 25 heavy (non-hydrogen) atoms. The molecular weight excluding hydrogens is 320 g/mol. The molecule has 0 atom stereocenters. The molecular formula is C19H22N2O4. The molecule has 6 nitrogen and oxygen atoms in total. The quantitative estimate of drug-likeness (QED) is 0.840. The molecule has 0 saturated heterocycles. The molecule has 6 heteroatoms. The van der Waals surface area contributed by atoms with Crippen molar-refractivity contribution in [3.63, 3.8) is 0 Å². The third-order valence-electron chi connectivity index (χ3n) is 3.68. The zero-order valence-electron chi connectivity index (χ0n) is 14.6. The molecule has 0 aliphatic heterocycles. The lowest BCUT2D eigenvalue weighted by Crippen LogP contribution is -2.36. The van der Waals surface area contributed by atoms with Crippen molar-refractivity contribution in [1.29, 1.82) is 0 Å². The Kier molecular flexibility index (Phi) is 6.39. The Hall–Kier alpha value is -3.02. The summed E-state index contributed by atoms with van der Waals surface area (Å²) in [5, 5.41) is 2.77. The SMILES string of the molecule is COc1ccc(NC(=O)CN(Cc2ccccc2)C(C)=O)c(OC)c1. The van der Waals surface area contributed by atoms with E-state index >= 15 is 0 Å². The molecule has 132 valence electrons. The number of nitrogens with zero attached hydrogens (tertiary/aromatic N) is 1. The maximum atomic E-state index is 12.3.